The number of rotatable bonds is 2. The summed E-state index contributed by atoms with van der Waals surface area (Å²) in [6, 6.07) is 3.60. The lowest BCUT2D eigenvalue weighted by molar-refractivity contribution is 0.767. The highest BCUT2D eigenvalue weighted by Gasteiger charge is 2.09. The number of pyridine rings is 1. The Labute approximate surface area is 96.5 Å². The largest absolute Gasteiger partial charge is 0.397 e. The Balaban J connectivity index is 2.22. The molecular weight excluding hydrogens is 218 g/mol. The summed E-state index contributed by atoms with van der Waals surface area (Å²) in [4.78, 5) is 4.26. The molecule has 17 heavy (non-hydrogen) atoms. The average molecular weight is 227 g/mol. The predicted molar refractivity (Wildman–Crippen MR) is 60.7 cm³/mol. The number of hydrogen-bond donors (Lipinski definition) is 1. The number of nitrogens with two attached hydrogens (primary N) is 1. The Morgan fingerprint density at radius 2 is 2.06 bits per heavy atom. The molecule has 0 fully saturated rings. The Morgan fingerprint density at radius 3 is 2.76 bits per heavy atom. The molecule has 0 spiro atoms. The van der Waals surface area contributed by atoms with Gasteiger partial charge in [-0.1, -0.05) is 5.21 Å². The van der Waals surface area contributed by atoms with E-state index in [1.807, 2.05) is 6.07 Å². The van der Waals surface area contributed by atoms with Gasteiger partial charge in [-0.2, -0.15) is 5.10 Å². The molecule has 84 valence electrons. The molecule has 0 bridgehead atoms. The van der Waals surface area contributed by atoms with Crippen LogP contribution in [-0.4, -0.2) is 29.8 Å². The van der Waals surface area contributed by atoms with Gasteiger partial charge in [0.25, 0.3) is 0 Å². The number of aromatic nitrogens is 6. The van der Waals surface area contributed by atoms with Crippen molar-refractivity contribution in [1.82, 2.24) is 29.8 Å². The molecule has 7 heteroatoms. The van der Waals surface area contributed by atoms with E-state index in [-0.39, 0.29) is 0 Å². The third-order valence-electron chi connectivity index (χ3n) is 2.26. The third kappa shape index (κ3) is 1.63. The summed E-state index contributed by atoms with van der Waals surface area (Å²) in [5.41, 5.74) is 7.02. The predicted octanol–water partition coefficient (Wildman–Crippen LogP) is 0.430. The highest BCUT2D eigenvalue weighted by molar-refractivity contribution is 5.54. The third-order valence-corrected chi connectivity index (χ3v) is 2.26. The van der Waals surface area contributed by atoms with E-state index in [9.17, 15) is 0 Å². The van der Waals surface area contributed by atoms with E-state index in [1.165, 1.54) is 0 Å². The molecule has 0 unspecified atom stereocenters. The van der Waals surface area contributed by atoms with Gasteiger partial charge in [0.05, 0.1) is 24.3 Å². The number of hydrogen-bond acceptors (Lipinski definition) is 5. The Hall–Kier alpha value is -2.70. The van der Waals surface area contributed by atoms with Crippen LogP contribution in [0, 0.1) is 0 Å². The lowest BCUT2D eigenvalue weighted by atomic mass is 10.3. The average Bonchev–Trinajstić information content (AvgIpc) is 3.02. The summed E-state index contributed by atoms with van der Waals surface area (Å²) in [5, 5.41) is 11.8. The molecule has 2 N–H and O–H groups in total. The summed E-state index contributed by atoms with van der Waals surface area (Å²) in [5.74, 6) is 0.648. The minimum Gasteiger partial charge on any atom is -0.397 e. The van der Waals surface area contributed by atoms with Crippen LogP contribution in [0.3, 0.4) is 0 Å². The Kier molecular flexibility index (Phi) is 2.08. The van der Waals surface area contributed by atoms with Crippen molar-refractivity contribution in [2.45, 2.75) is 0 Å². The maximum absolute atomic E-state index is 5.73. The highest BCUT2D eigenvalue weighted by atomic mass is 15.4. The van der Waals surface area contributed by atoms with E-state index < -0.39 is 0 Å². The summed E-state index contributed by atoms with van der Waals surface area (Å²) < 4.78 is 3.25. The summed E-state index contributed by atoms with van der Waals surface area (Å²) in [6.07, 6.45) is 8.39. The topological polar surface area (TPSA) is 87.4 Å². The van der Waals surface area contributed by atoms with Gasteiger partial charge in [-0.15, -0.1) is 5.10 Å². The van der Waals surface area contributed by atoms with Gasteiger partial charge in [0, 0.05) is 12.4 Å². The van der Waals surface area contributed by atoms with Crippen molar-refractivity contribution >= 4 is 5.69 Å². The van der Waals surface area contributed by atoms with Gasteiger partial charge < -0.3 is 5.73 Å². The second-order valence-electron chi connectivity index (χ2n) is 3.41. The van der Waals surface area contributed by atoms with Crippen LogP contribution >= 0.6 is 0 Å². The molecule has 7 nitrogen and oxygen atoms in total. The molecule has 0 aliphatic carbocycles. The van der Waals surface area contributed by atoms with Crippen LogP contribution in [0.4, 0.5) is 5.69 Å². The number of nitrogens with zero attached hydrogens (tertiary/aromatic N) is 6. The van der Waals surface area contributed by atoms with Crippen molar-refractivity contribution in [3.63, 3.8) is 0 Å². The van der Waals surface area contributed by atoms with Gasteiger partial charge in [0.1, 0.15) is 5.69 Å². The molecule has 0 amide bonds. The van der Waals surface area contributed by atoms with Crippen LogP contribution in [0.15, 0.2) is 43.1 Å². The summed E-state index contributed by atoms with van der Waals surface area (Å²) in [7, 11) is 0. The molecule has 0 radical (unpaired) electrons. The molecule has 3 aromatic heterocycles. The number of nitrogen functional groups attached to an aromatic ring is 1. The van der Waals surface area contributed by atoms with Crippen molar-refractivity contribution in [3.05, 3.63) is 43.1 Å². The zero-order valence-electron chi connectivity index (χ0n) is 8.80. The van der Waals surface area contributed by atoms with Gasteiger partial charge in [-0.3, -0.25) is 0 Å². The first-order chi connectivity index (χ1) is 8.34. The summed E-state index contributed by atoms with van der Waals surface area (Å²) >= 11 is 0. The van der Waals surface area contributed by atoms with Crippen LogP contribution in [0.5, 0.6) is 0 Å². The van der Waals surface area contributed by atoms with Crippen LogP contribution < -0.4 is 5.73 Å². The summed E-state index contributed by atoms with van der Waals surface area (Å²) in [6.45, 7) is 0. The van der Waals surface area contributed by atoms with Crippen LogP contribution in [0.25, 0.3) is 11.5 Å². The van der Waals surface area contributed by atoms with Crippen molar-refractivity contribution in [1.29, 1.82) is 0 Å². The lowest BCUT2D eigenvalue weighted by Gasteiger charge is -2.08. The van der Waals surface area contributed by atoms with Gasteiger partial charge in [-0.05, 0) is 12.1 Å². The second-order valence-corrected chi connectivity index (χ2v) is 3.41. The maximum atomic E-state index is 5.73. The van der Waals surface area contributed by atoms with E-state index in [1.54, 1.807) is 46.4 Å². The van der Waals surface area contributed by atoms with Crippen molar-refractivity contribution in [2.24, 2.45) is 0 Å². The SMILES string of the molecule is Nc1cnc(-n2cccn2)c(-n2ccnn2)c1. The maximum Gasteiger partial charge on any atom is 0.179 e. The van der Waals surface area contributed by atoms with Crippen molar-refractivity contribution in [2.75, 3.05) is 5.73 Å². The fraction of sp³-hybridized carbons (Fsp3) is 0. The van der Waals surface area contributed by atoms with Crippen LogP contribution in [0.1, 0.15) is 0 Å². The monoisotopic (exact) mass is 227 g/mol. The Bertz CT molecular complexity index is 612. The van der Waals surface area contributed by atoms with Crippen LogP contribution in [-0.2, 0) is 0 Å². The normalized spacial score (nSPS) is 10.6. The lowest BCUT2D eigenvalue weighted by Crippen LogP contribution is -2.07. The van der Waals surface area contributed by atoms with Crippen molar-refractivity contribution in [3.8, 4) is 11.5 Å². The fourth-order valence-electron chi connectivity index (χ4n) is 1.54. The smallest absolute Gasteiger partial charge is 0.179 e. The first-order valence-corrected chi connectivity index (χ1v) is 4.97. The first kappa shape index (κ1) is 9.52. The zero-order valence-corrected chi connectivity index (χ0v) is 8.80. The van der Waals surface area contributed by atoms with E-state index in [0.29, 0.717) is 11.5 Å². The van der Waals surface area contributed by atoms with Crippen LogP contribution in [0.2, 0.25) is 0 Å². The van der Waals surface area contributed by atoms with E-state index >= 15 is 0 Å². The molecule has 0 saturated carbocycles. The van der Waals surface area contributed by atoms with Gasteiger partial charge >= 0.3 is 0 Å². The number of anilines is 1. The van der Waals surface area contributed by atoms with E-state index in [2.05, 4.69) is 20.4 Å². The highest BCUT2D eigenvalue weighted by Crippen LogP contribution is 2.17. The first-order valence-electron chi connectivity index (χ1n) is 4.97. The van der Waals surface area contributed by atoms with Gasteiger partial charge in [-0.25, -0.2) is 14.3 Å². The van der Waals surface area contributed by atoms with E-state index in [0.717, 1.165) is 5.69 Å². The molecule has 0 saturated heterocycles. The molecule has 0 aromatic carbocycles. The molecular formula is C10H9N7. The Morgan fingerprint density at radius 1 is 1.12 bits per heavy atom. The molecule has 3 rings (SSSR count). The molecule has 0 aliphatic rings. The minimum atomic E-state index is 0.561. The molecule has 3 heterocycles. The molecule has 3 aromatic rings. The fourth-order valence-corrected chi connectivity index (χ4v) is 1.54. The molecule has 0 atom stereocenters. The standard InChI is InChI=1S/C10H9N7/c11-8-6-9(16-5-3-13-15-16)10(12-7-8)17-4-1-2-14-17/h1-7H,11H2. The zero-order chi connectivity index (χ0) is 11.7. The second kappa shape index (κ2) is 3.71. The van der Waals surface area contributed by atoms with E-state index in [4.69, 9.17) is 5.73 Å². The van der Waals surface area contributed by atoms with Gasteiger partial charge in [0.2, 0.25) is 0 Å². The van der Waals surface area contributed by atoms with Gasteiger partial charge in [0.15, 0.2) is 5.82 Å². The minimum absolute atomic E-state index is 0.561. The quantitative estimate of drug-likeness (QED) is 0.686. The molecule has 0 aliphatic heterocycles. The van der Waals surface area contributed by atoms with Crippen molar-refractivity contribution < 1.29 is 0 Å².